The van der Waals surface area contributed by atoms with E-state index in [1.165, 1.54) is 11.0 Å². The van der Waals surface area contributed by atoms with Crippen molar-refractivity contribution in [1.82, 2.24) is 0 Å². The molecule has 0 spiro atoms. The maximum absolute atomic E-state index is 13.8. The highest BCUT2D eigenvalue weighted by atomic mass is 19.1. The molecule has 2 N–H and O–H groups in total. The second-order valence-electron chi connectivity index (χ2n) is 4.72. The molecule has 0 aliphatic rings. The minimum atomic E-state index is -0.444. The van der Waals surface area contributed by atoms with Gasteiger partial charge in [-0.25, -0.2) is 4.39 Å². The molecule has 110 valence electrons. The summed E-state index contributed by atoms with van der Waals surface area (Å²) in [5.41, 5.74) is 7.40. The molecule has 0 heterocycles. The van der Waals surface area contributed by atoms with E-state index in [0.29, 0.717) is 16.9 Å². The molecule has 0 atom stereocenters. The molecule has 21 heavy (non-hydrogen) atoms. The van der Waals surface area contributed by atoms with Gasteiger partial charge in [0.05, 0.1) is 0 Å². The van der Waals surface area contributed by atoms with Gasteiger partial charge < -0.3 is 15.4 Å². The van der Waals surface area contributed by atoms with E-state index in [9.17, 15) is 9.18 Å². The fraction of sp³-hybridized carbons (Fsp3) is 0.188. The third-order valence-corrected chi connectivity index (χ3v) is 3.16. The lowest BCUT2D eigenvalue weighted by molar-refractivity contribution is -0.120. The summed E-state index contributed by atoms with van der Waals surface area (Å²) in [4.78, 5) is 13.5. The number of nitrogens with zero attached hydrogens (tertiary/aromatic N) is 1. The number of aryl methyl sites for hydroxylation is 1. The molecule has 0 aromatic heterocycles. The number of carbonyl (C=O) groups is 1. The summed E-state index contributed by atoms with van der Waals surface area (Å²) in [6, 6.07) is 11.7. The zero-order valence-corrected chi connectivity index (χ0v) is 12.0. The number of likely N-dealkylation sites (N-methyl/N-ethyl adjacent to an activating group) is 1. The molecule has 5 heteroatoms. The zero-order valence-electron chi connectivity index (χ0n) is 12.0. The van der Waals surface area contributed by atoms with Crippen LogP contribution in [0.5, 0.6) is 5.75 Å². The molecule has 0 radical (unpaired) electrons. The van der Waals surface area contributed by atoms with Gasteiger partial charge in [0, 0.05) is 18.4 Å². The van der Waals surface area contributed by atoms with Gasteiger partial charge in [-0.1, -0.05) is 12.1 Å². The van der Waals surface area contributed by atoms with Gasteiger partial charge in [0.25, 0.3) is 5.91 Å². The van der Waals surface area contributed by atoms with E-state index in [1.807, 2.05) is 0 Å². The van der Waals surface area contributed by atoms with Crippen molar-refractivity contribution in [3.63, 3.8) is 0 Å². The average molecular weight is 288 g/mol. The van der Waals surface area contributed by atoms with Gasteiger partial charge in [-0.3, -0.25) is 4.79 Å². The molecule has 0 aliphatic carbocycles. The van der Waals surface area contributed by atoms with Crippen LogP contribution in [0.1, 0.15) is 5.56 Å². The van der Waals surface area contributed by atoms with Crippen LogP contribution in [-0.4, -0.2) is 19.6 Å². The minimum Gasteiger partial charge on any atom is -0.481 e. The van der Waals surface area contributed by atoms with Gasteiger partial charge in [0.2, 0.25) is 0 Å². The van der Waals surface area contributed by atoms with Crippen molar-refractivity contribution in [3.05, 3.63) is 53.8 Å². The average Bonchev–Trinajstić information content (AvgIpc) is 2.48. The zero-order chi connectivity index (χ0) is 15.4. The van der Waals surface area contributed by atoms with E-state index in [4.69, 9.17) is 10.5 Å². The van der Waals surface area contributed by atoms with Crippen molar-refractivity contribution >= 4 is 17.3 Å². The highest BCUT2D eigenvalue weighted by molar-refractivity contribution is 5.94. The van der Waals surface area contributed by atoms with Crippen LogP contribution in [0.4, 0.5) is 15.8 Å². The standard InChI is InChI=1S/C16H17FN2O2/c1-11-4-3-5-14(16(11)17)21-10-15(20)19(2)13-8-6-12(18)7-9-13/h3-9H,10,18H2,1-2H3. The Balaban J connectivity index is 2.01. The van der Waals surface area contributed by atoms with Crippen LogP contribution in [0.25, 0.3) is 0 Å². The number of hydrogen-bond donors (Lipinski definition) is 1. The molecule has 2 aromatic carbocycles. The second kappa shape index (κ2) is 6.26. The number of amides is 1. The lowest BCUT2D eigenvalue weighted by Gasteiger charge is -2.18. The second-order valence-corrected chi connectivity index (χ2v) is 4.72. The number of anilines is 2. The summed E-state index contributed by atoms with van der Waals surface area (Å²) in [7, 11) is 1.63. The van der Waals surface area contributed by atoms with Crippen LogP contribution < -0.4 is 15.4 Å². The Bertz CT molecular complexity index is 641. The summed E-state index contributed by atoms with van der Waals surface area (Å²) in [5.74, 6) is -0.643. The van der Waals surface area contributed by atoms with Crippen LogP contribution in [-0.2, 0) is 4.79 Å². The molecule has 0 bridgehead atoms. The Kier molecular flexibility index (Phi) is 4.42. The van der Waals surface area contributed by atoms with Crippen molar-refractivity contribution in [3.8, 4) is 5.75 Å². The first kappa shape index (κ1) is 14.8. The van der Waals surface area contributed by atoms with Crippen molar-refractivity contribution < 1.29 is 13.9 Å². The predicted molar refractivity (Wildman–Crippen MR) is 80.9 cm³/mol. The van der Waals surface area contributed by atoms with Crippen LogP contribution in [0, 0.1) is 12.7 Å². The molecule has 0 saturated heterocycles. The number of carbonyl (C=O) groups excluding carboxylic acids is 1. The van der Waals surface area contributed by atoms with Gasteiger partial charge in [-0.05, 0) is 42.8 Å². The topological polar surface area (TPSA) is 55.6 Å². The summed E-state index contributed by atoms with van der Waals surface area (Å²) in [6.07, 6.45) is 0. The van der Waals surface area contributed by atoms with Gasteiger partial charge in [0.1, 0.15) is 0 Å². The monoisotopic (exact) mass is 288 g/mol. The Morgan fingerprint density at radius 3 is 2.57 bits per heavy atom. The normalized spacial score (nSPS) is 10.2. The number of benzene rings is 2. The lowest BCUT2D eigenvalue weighted by Crippen LogP contribution is -2.31. The largest absolute Gasteiger partial charge is 0.481 e. The molecule has 2 aromatic rings. The van der Waals surface area contributed by atoms with E-state index in [2.05, 4.69) is 0 Å². The van der Waals surface area contributed by atoms with E-state index in [1.54, 1.807) is 50.4 Å². The van der Waals surface area contributed by atoms with Crippen LogP contribution >= 0.6 is 0 Å². The van der Waals surface area contributed by atoms with Crippen molar-refractivity contribution in [2.24, 2.45) is 0 Å². The maximum Gasteiger partial charge on any atom is 0.264 e. The number of halogens is 1. The van der Waals surface area contributed by atoms with E-state index in [-0.39, 0.29) is 18.3 Å². The number of ether oxygens (including phenoxy) is 1. The number of nitrogens with two attached hydrogens (primary N) is 1. The van der Waals surface area contributed by atoms with Crippen molar-refractivity contribution in [2.45, 2.75) is 6.92 Å². The minimum absolute atomic E-state index is 0.0778. The number of hydrogen-bond acceptors (Lipinski definition) is 3. The molecule has 1 amide bonds. The maximum atomic E-state index is 13.8. The van der Waals surface area contributed by atoms with Crippen molar-refractivity contribution in [1.29, 1.82) is 0 Å². The Labute approximate surface area is 122 Å². The first-order valence-electron chi connectivity index (χ1n) is 6.49. The summed E-state index contributed by atoms with van der Waals surface area (Å²) in [5, 5.41) is 0. The van der Waals surface area contributed by atoms with Gasteiger partial charge in [-0.15, -0.1) is 0 Å². The van der Waals surface area contributed by atoms with Crippen LogP contribution in [0.2, 0.25) is 0 Å². The van der Waals surface area contributed by atoms with Crippen molar-refractivity contribution in [2.75, 3.05) is 24.3 Å². The third-order valence-electron chi connectivity index (χ3n) is 3.16. The molecule has 2 rings (SSSR count). The third kappa shape index (κ3) is 3.51. The summed E-state index contributed by atoms with van der Waals surface area (Å²) in [6.45, 7) is 1.41. The van der Waals surface area contributed by atoms with Gasteiger partial charge >= 0.3 is 0 Å². The fourth-order valence-electron chi connectivity index (χ4n) is 1.81. The van der Waals surface area contributed by atoms with E-state index >= 15 is 0 Å². The Morgan fingerprint density at radius 1 is 1.24 bits per heavy atom. The fourth-order valence-corrected chi connectivity index (χ4v) is 1.81. The SMILES string of the molecule is Cc1cccc(OCC(=O)N(C)c2ccc(N)cc2)c1F. The summed E-state index contributed by atoms with van der Waals surface area (Å²) >= 11 is 0. The quantitative estimate of drug-likeness (QED) is 0.880. The first-order valence-corrected chi connectivity index (χ1v) is 6.49. The highest BCUT2D eigenvalue weighted by Crippen LogP contribution is 2.20. The molecular weight excluding hydrogens is 271 g/mol. The lowest BCUT2D eigenvalue weighted by atomic mass is 10.2. The van der Waals surface area contributed by atoms with Crippen LogP contribution in [0.3, 0.4) is 0 Å². The first-order chi connectivity index (χ1) is 9.99. The van der Waals surface area contributed by atoms with E-state index < -0.39 is 5.82 Å². The molecule has 0 saturated carbocycles. The smallest absolute Gasteiger partial charge is 0.264 e. The number of nitrogen functional groups attached to an aromatic ring is 1. The van der Waals surface area contributed by atoms with Gasteiger partial charge in [-0.2, -0.15) is 0 Å². The molecule has 0 unspecified atom stereocenters. The molecule has 4 nitrogen and oxygen atoms in total. The molecule has 0 aliphatic heterocycles. The van der Waals surface area contributed by atoms with Crippen LogP contribution in [0.15, 0.2) is 42.5 Å². The predicted octanol–water partition coefficient (Wildman–Crippen LogP) is 2.76. The molecular formula is C16H17FN2O2. The van der Waals surface area contributed by atoms with E-state index in [0.717, 1.165) is 0 Å². The summed E-state index contributed by atoms with van der Waals surface area (Å²) < 4.78 is 19.0. The van der Waals surface area contributed by atoms with Gasteiger partial charge in [0.15, 0.2) is 18.2 Å². The molecule has 0 fully saturated rings. The Hall–Kier alpha value is -2.56. The Morgan fingerprint density at radius 2 is 1.90 bits per heavy atom. The number of rotatable bonds is 4. The highest BCUT2D eigenvalue weighted by Gasteiger charge is 2.13.